The van der Waals surface area contributed by atoms with Crippen molar-refractivity contribution in [2.45, 2.75) is 32.6 Å². The number of carbonyl (C=O) groups excluding carboxylic acids is 2. The Balaban J connectivity index is 2.00. The first-order valence-corrected chi connectivity index (χ1v) is 8.59. The smallest absolute Gasteiger partial charge is 0.305 e. The molecule has 1 aromatic carbocycles. The number of halogens is 2. The third kappa shape index (κ3) is 4.82. The van der Waals surface area contributed by atoms with Crippen molar-refractivity contribution in [3.8, 4) is 11.3 Å². The zero-order valence-electron chi connectivity index (χ0n) is 14.6. The van der Waals surface area contributed by atoms with Crippen LogP contribution in [0.1, 0.15) is 41.8 Å². The standard InChI is InChI=1S/C18H20ClFN2O4/c1-11-15(18(24)21-10-5-3-4-9-14(23)25-2)17(22-26-11)16-12(19)7-6-8-13(16)20/h6-8H,3-5,9-10H2,1-2H3,(H,21,24). The summed E-state index contributed by atoms with van der Waals surface area (Å²) in [7, 11) is 1.35. The van der Waals surface area contributed by atoms with Gasteiger partial charge in [0.15, 0.2) is 0 Å². The second kappa shape index (κ2) is 9.33. The Kier molecular flexibility index (Phi) is 7.15. The normalized spacial score (nSPS) is 10.6. The molecule has 2 rings (SSSR count). The van der Waals surface area contributed by atoms with Crippen LogP contribution in [0.3, 0.4) is 0 Å². The second-order valence-corrected chi connectivity index (χ2v) is 6.11. The highest BCUT2D eigenvalue weighted by atomic mass is 35.5. The molecule has 8 heteroatoms. The van der Waals surface area contributed by atoms with Gasteiger partial charge in [0.2, 0.25) is 0 Å². The van der Waals surface area contributed by atoms with E-state index >= 15 is 0 Å². The van der Waals surface area contributed by atoms with Crippen molar-refractivity contribution in [3.63, 3.8) is 0 Å². The Hall–Kier alpha value is -2.41. The predicted molar refractivity (Wildman–Crippen MR) is 94.5 cm³/mol. The number of carbonyl (C=O) groups is 2. The fourth-order valence-corrected chi connectivity index (χ4v) is 2.75. The van der Waals surface area contributed by atoms with Gasteiger partial charge in [-0.1, -0.05) is 29.2 Å². The molecule has 0 saturated heterocycles. The van der Waals surface area contributed by atoms with Crippen molar-refractivity contribution in [1.82, 2.24) is 10.5 Å². The molecule has 0 aliphatic carbocycles. The number of ether oxygens (including phenoxy) is 1. The lowest BCUT2D eigenvalue weighted by molar-refractivity contribution is -0.140. The lowest BCUT2D eigenvalue weighted by atomic mass is 10.0. The summed E-state index contributed by atoms with van der Waals surface area (Å²) in [5.41, 5.74) is 0.273. The van der Waals surface area contributed by atoms with Crippen LogP contribution < -0.4 is 5.32 Å². The summed E-state index contributed by atoms with van der Waals surface area (Å²) in [5.74, 6) is -0.961. The van der Waals surface area contributed by atoms with Gasteiger partial charge in [-0.25, -0.2) is 4.39 Å². The molecule has 0 unspecified atom stereocenters. The first-order valence-electron chi connectivity index (χ1n) is 8.21. The fraction of sp³-hybridized carbons (Fsp3) is 0.389. The summed E-state index contributed by atoms with van der Waals surface area (Å²) in [6.45, 7) is 1.99. The highest BCUT2D eigenvalue weighted by molar-refractivity contribution is 6.33. The van der Waals surface area contributed by atoms with E-state index in [0.717, 1.165) is 6.42 Å². The molecule has 26 heavy (non-hydrogen) atoms. The Labute approximate surface area is 155 Å². The van der Waals surface area contributed by atoms with Crippen molar-refractivity contribution >= 4 is 23.5 Å². The van der Waals surface area contributed by atoms with E-state index in [2.05, 4.69) is 15.2 Å². The topological polar surface area (TPSA) is 81.4 Å². The van der Waals surface area contributed by atoms with Crippen LogP contribution in [0.4, 0.5) is 4.39 Å². The van der Waals surface area contributed by atoms with E-state index in [1.807, 2.05) is 0 Å². The van der Waals surface area contributed by atoms with E-state index < -0.39 is 11.7 Å². The third-order valence-corrected chi connectivity index (χ3v) is 4.18. The Morgan fingerprint density at radius 1 is 1.31 bits per heavy atom. The Bertz CT molecular complexity index is 771. The molecule has 1 heterocycles. The summed E-state index contributed by atoms with van der Waals surface area (Å²) in [4.78, 5) is 23.5. The summed E-state index contributed by atoms with van der Waals surface area (Å²) in [6.07, 6.45) is 2.50. The maximum atomic E-state index is 14.1. The minimum Gasteiger partial charge on any atom is -0.469 e. The molecular weight excluding hydrogens is 363 g/mol. The third-order valence-electron chi connectivity index (χ3n) is 3.86. The number of amides is 1. The van der Waals surface area contributed by atoms with Crippen molar-refractivity contribution in [2.75, 3.05) is 13.7 Å². The van der Waals surface area contributed by atoms with E-state index in [1.165, 1.54) is 25.3 Å². The number of benzene rings is 1. The van der Waals surface area contributed by atoms with Gasteiger partial charge in [0.25, 0.3) is 5.91 Å². The highest BCUT2D eigenvalue weighted by Crippen LogP contribution is 2.33. The average Bonchev–Trinajstić information content (AvgIpc) is 2.98. The molecule has 140 valence electrons. The summed E-state index contributed by atoms with van der Waals surface area (Å²) >= 11 is 6.06. The summed E-state index contributed by atoms with van der Waals surface area (Å²) < 4.78 is 23.8. The van der Waals surface area contributed by atoms with Crippen LogP contribution in [0.25, 0.3) is 11.3 Å². The number of unbranched alkanes of at least 4 members (excludes halogenated alkanes) is 2. The molecule has 1 amide bonds. The van der Waals surface area contributed by atoms with Gasteiger partial charge in [0, 0.05) is 13.0 Å². The molecule has 0 saturated carbocycles. The van der Waals surface area contributed by atoms with Crippen LogP contribution in [0.15, 0.2) is 22.7 Å². The lowest BCUT2D eigenvalue weighted by Crippen LogP contribution is -2.25. The number of nitrogens with one attached hydrogen (secondary N) is 1. The number of hydrogen-bond acceptors (Lipinski definition) is 5. The molecule has 6 nitrogen and oxygen atoms in total. The zero-order valence-corrected chi connectivity index (χ0v) is 15.4. The van der Waals surface area contributed by atoms with Gasteiger partial charge in [-0.15, -0.1) is 0 Å². The van der Waals surface area contributed by atoms with Crippen LogP contribution in [0.2, 0.25) is 5.02 Å². The number of esters is 1. The monoisotopic (exact) mass is 382 g/mol. The summed E-state index contributed by atoms with van der Waals surface area (Å²) in [6, 6.07) is 4.24. The lowest BCUT2D eigenvalue weighted by Gasteiger charge is -2.07. The van der Waals surface area contributed by atoms with Gasteiger partial charge in [-0.2, -0.15) is 0 Å². The van der Waals surface area contributed by atoms with Crippen LogP contribution in [0, 0.1) is 12.7 Å². The van der Waals surface area contributed by atoms with Gasteiger partial charge in [0.05, 0.1) is 17.7 Å². The van der Waals surface area contributed by atoms with Crippen molar-refractivity contribution in [2.24, 2.45) is 0 Å². The van der Waals surface area contributed by atoms with E-state index in [4.69, 9.17) is 16.1 Å². The minimum absolute atomic E-state index is 0.0363. The molecule has 1 N–H and O–H groups in total. The SMILES string of the molecule is COC(=O)CCCCCNC(=O)c1c(-c2c(F)cccc2Cl)noc1C. The summed E-state index contributed by atoms with van der Waals surface area (Å²) in [5, 5.41) is 6.71. The zero-order chi connectivity index (χ0) is 19.1. The second-order valence-electron chi connectivity index (χ2n) is 5.70. The molecule has 2 aromatic rings. The predicted octanol–water partition coefficient (Wildman–Crippen LogP) is 3.91. The van der Waals surface area contributed by atoms with E-state index in [0.29, 0.717) is 25.8 Å². The minimum atomic E-state index is -0.581. The molecule has 0 spiro atoms. The molecule has 0 radical (unpaired) electrons. The van der Waals surface area contributed by atoms with Crippen molar-refractivity contribution < 1.29 is 23.2 Å². The van der Waals surface area contributed by atoms with Crippen LogP contribution in [-0.2, 0) is 9.53 Å². The molecule has 0 atom stereocenters. The number of methoxy groups -OCH3 is 1. The number of rotatable bonds is 8. The molecule has 1 aromatic heterocycles. The molecule has 0 bridgehead atoms. The maximum absolute atomic E-state index is 14.1. The number of nitrogens with zero attached hydrogens (tertiary/aromatic N) is 1. The van der Waals surface area contributed by atoms with E-state index in [9.17, 15) is 14.0 Å². The van der Waals surface area contributed by atoms with Crippen LogP contribution in [-0.4, -0.2) is 30.7 Å². The molecule has 0 fully saturated rings. The quantitative estimate of drug-likeness (QED) is 0.553. The maximum Gasteiger partial charge on any atom is 0.305 e. The molecule has 0 aliphatic heterocycles. The number of hydrogen-bond donors (Lipinski definition) is 1. The Morgan fingerprint density at radius 3 is 2.77 bits per heavy atom. The molecule has 0 aliphatic rings. The van der Waals surface area contributed by atoms with Crippen molar-refractivity contribution in [3.05, 3.63) is 40.4 Å². The number of aryl methyl sites for hydroxylation is 1. The Morgan fingerprint density at radius 2 is 2.08 bits per heavy atom. The van der Waals surface area contributed by atoms with Crippen LogP contribution >= 0.6 is 11.6 Å². The van der Waals surface area contributed by atoms with Gasteiger partial charge in [0.1, 0.15) is 22.8 Å². The van der Waals surface area contributed by atoms with Gasteiger partial charge < -0.3 is 14.6 Å². The number of aromatic nitrogens is 1. The largest absolute Gasteiger partial charge is 0.469 e. The fourth-order valence-electron chi connectivity index (χ4n) is 2.50. The highest BCUT2D eigenvalue weighted by Gasteiger charge is 2.25. The molecular formula is C18H20ClFN2O4. The van der Waals surface area contributed by atoms with E-state index in [-0.39, 0.29) is 33.6 Å². The van der Waals surface area contributed by atoms with Gasteiger partial charge >= 0.3 is 5.97 Å². The van der Waals surface area contributed by atoms with Crippen molar-refractivity contribution in [1.29, 1.82) is 0 Å². The van der Waals surface area contributed by atoms with Gasteiger partial charge in [-0.05, 0) is 31.9 Å². The first-order chi connectivity index (χ1) is 12.5. The van der Waals surface area contributed by atoms with E-state index in [1.54, 1.807) is 6.92 Å². The van der Waals surface area contributed by atoms with Gasteiger partial charge in [-0.3, -0.25) is 9.59 Å². The average molecular weight is 383 g/mol. The first kappa shape index (κ1) is 19.9. The van der Waals surface area contributed by atoms with Crippen LogP contribution in [0.5, 0.6) is 0 Å².